The Hall–Kier alpha value is -1.52. The normalized spacial score (nSPS) is 25.5. The molecule has 1 aromatic carbocycles. The molecule has 6 heteroatoms. The smallest absolute Gasteiger partial charge is 0.280 e. The Morgan fingerprint density at radius 2 is 2.27 bits per heavy atom. The van der Waals surface area contributed by atoms with Crippen molar-refractivity contribution >= 4 is 34.8 Å². The number of carbonyl (C=O) groups excluding carboxylic acids is 1. The number of hydrogen-bond donors (Lipinski definition) is 1. The standard InChI is InChI=1S/C16H16Cl2N2O2/c1-9(22-15-6-5-11(17)8-13(15)18)16(21)20-19-14-7-10-3-2-4-12(10)14/h2-3,5-6,8-10,12H,4,7H2,1H3,(H,20,21)/b19-14-. The van der Waals surface area contributed by atoms with Crippen molar-refractivity contribution in [1.82, 2.24) is 5.43 Å². The van der Waals surface area contributed by atoms with Crippen LogP contribution in [-0.2, 0) is 4.79 Å². The molecule has 22 heavy (non-hydrogen) atoms. The largest absolute Gasteiger partial charge is 0.479 e. The third kappa shape index (κ3) is 3.13. The van der Waals surface area contributed by atoms with Gasteiger partial charge in [0, 0.05) is 16.7 Å². The second-order valence-electron chi connectivity index (χ2n) is 5.55. The van der Waals surface area contributed by atoms with E-state index in [1.807, 2.05) is 0 Å². The van der Waals surface area contributed by atoms with Crippen molar-refractivity contribution in [2.75, 3.05) is 0 Å². The fourth-order valence-corrected chi connectivity index (χ4v) is 3.15. The minimum Gasteiger partial charge on any atom is -0.479 e. The first-order chi connectivity index (χ1) is 10.5. The molecule has 3 unspecified atom stereocenters. The maximum atomic E-state index is 12.0. The third-order valence-corrected chi connectivity index (χ3v) is 4.57. The molecule has 0 bridgehead atoms. The van der Waals surface area contributed by atoms with Crippen LogP contribution in [0.15, 0.2) is 35.5 Å². The van der Waals surface area contributed by atoms with E-state index in [1.54, 1.807) is 25.1 Å². The van der Waals surface area contributed by atoms with E-state index in [-0.39, 0.29) is 5.91 Å². The Morgan fingerprint density at radius 3 is 3.00 bits per heavy atom. The number of fused-ring (bicyclic) bond motifs is 1. The molecule has 0 spiro atoms. The molecule has 0 aliphatic heterocycles. The van der Waals surface area contributed by atoms with E-state index in [0.29, 0.717) is 27.6 Å². The topological polar surface area (TPSA) is 50.7 Å². The molecule has 0 heterocycles. The van der Waals surface area contributed by atoms with E-state index >= 15 is 0 Å². The van der Waals surface area contributed by atoms with Crippen molar-refractivity contribution in [3.63, 3.8) is 0 Å². The highest BCUT2D eigenvalue weighted by Gasteiger charge is 2.38. The van der Waals surface area contributed by atoms with Crippen LogP contribution in [0.1, 0.15) is 19.8 Å². The molecule has 116 valence electrons. The van der Waals surface area contributed by atoms with Crippen LogP contribution < -0.4 is 10.2 Å². The van der Waals surface area contributed by atoms with Crippen molar-refractivity contribution < 1.29 is 9.53 Å². The highest BCUT2D eigenvalue weighted by atomic mass is 35.5. The lowest BCUT2D eigenvalue weighted by Gasteiger charge is -2.31. The SMILES string of the molecule is CC(Oc1ccc(Cl)cc1Cl)C(=O)N/N=C1/CC2C=CCC12. The van der Waals surface area contributed by atoms with Crippen LogP contribution in [-0.4, -0.2) is 17.7 Å². The molecule has 0 aromatic heterocycles. The lowest BCUT2D eigenvalue weighted by molar-refractivity contribution is -0.127. The summed E-state index contributed by atoms with van der Waals surface area (Å²) >= 11 is 11.8. The maximum Gasteiger partial charge on any atom is 0.280 e. The van der Waals surface area contributed by atoms with Crippen molar-refractivity contribution in [2.45, 2.75) is 25.9 Å². The summed E-state index contributed by atoms with van der Waals surface area (Å²) in [6.07, 6.45) is 5.65. The Balaban J connectivity index is 1.55. The number of halogens is 2. The zero-order chi connectivity index (χ0) is 15.7. The number of amides is 1. The molecule has 2 aliphatic rings. The number of nitrogens with zero attached hydrogens (tertiary/aromatic N) is 1. The van der Waals surface area contributed by atoms with Crippen LogP contribution in [0.2, 0.25) is 10.0 Å². The first-order valence-corrected chi connectivity index (χ1v) is 7.95. The Kier molecular flexibility index (Phi) is 4.41. The first-order valence-electron chi connectivity index (χ1n) is 7.19. The van der Waals surface area contributed by atoms with Gasteiger partial charge >= 0.3 is 0 Å². The minimum atomic E-state index is -0.694. The summed E-state index contributed by atoms with van der Waals surface area (Å²) < 4.78 is 5.55. The number of carbonyl (C=O) groups is 1. The van der Waals surface area contributed by atoms with Crippen molar-refractivity contribution in [3.8, 4) is 5.75 Å². The highest BCUT2D eigenvalue weighted by molar-refractivity contribution is 6.35. The Morgan fingerprint density at radius 1 is 1.45 bits per heavy atom. The molecule has 1 saturated carbocycles. The second kappa shape index (κ2) is 6.31. The van der Waals surface area contributed by atoms with Crippen molar-refractivity contribution in [1.29, 1.82) is 0 Å². The number of hydrogen-bond acceptors (Lipinski definition) is 3. The van der Waals surface area contributed by atoms with E-state index in [9.17, 15) is 4.79 Å². The van der Waals surface area contributed by atoms with Crippen LogP contribution in [0.3, 0.4) is 0 Å². The molecule has 3 atom stereocenters. The minimum absolute atomic E-state index is 0.298. The van der Waals surface area contributed by atoms with Gasteiger partial charge in [-0.2, -0.15) is 5.10 Å². The highest BCUT2D eigenvalue weighted by Crippen LogP contribution is 2.40. The van der Waals surface area contributed by atoms with Gasteiger partial charge in [-0.1, -0.05) is 35.4 Å². The van der Waals surface area contributed by atoms with Crippen LogP contribution in [0.4, 0.5) is 0 Å². The average molecular weight is 339 g/mol. The van der Waals surface area contributed by atoms with Gasteiger partial charge in [-0.25, -0.2) is 5.43 Å². The molecule has 1 amide bonds. The van der Waals surface area contributed by atoms with Gasteiger partial charge in [0.2, 0.25) is 0 Å². The van der Waals surface area contributed by atoms with E-state index in [0.717, 1.165) is 18.6 Å². The van der Waals surface area contributed by atoms with Gasteiger partial charge in [0.25, 0.3) is 5.91 Å². The van der Waals surface area contributed by atoms with Gasteiger partial charge < -0.3 is 4.74 Å². The van der Waals surface area contributed by atoms with E-state index in [1.165, 1.54) is 0 Å². The van der Waals surface area contributed by atoms with Gasteiger partial charge in [0.15, 0.2) is 6.10 Å². The molecule has 3 rings (SSSR count). The number of hydrazone groups is 1. The summed E-state index contributed by atoms with van der Waals surface area (Å²) in [6.45, 7) is 1.65. The summed E-state index contributed by atoms with van der Waals surface area (Å²) in [7, 11) is 0. The molecule has 0 radical (unpaired) electrons. The number of allylic oxidation sites excluding steroid dienone is 2. The molecule has 2 aliphatic carbocycles. The molecule has 1 N–H and O–H groups in total. The molecular weight excluding hydrogens is 323 g/mol. The molecule has 1 aromatic rings. The molecule has 4 nitrogen and oxygen atoms in total. The Labute approximate surface area is 139 Å². The molecule has 0 saturated heterocycles. The lowest BCUT2D eigenvalue weighted by Crippen LogP contribution is -2.38. The first kappa shape index (κ1) is 15.4. The predicted molar refractivity (Wildman–Crippen MR) is 87.5 cm³/mol. The van der Waals surface area contributed by atoms with E-state index < -0.39 is 6.10 Å². The van der Waals surface area contributed by atoms with E-state index in [2.05, 4.69) is 22.7 Å². The predicted octanol–water partition coefficient (Wildman–Crippen LogP) is 3.83. The quantitative estimate of drug-likeness (QED) is 0.670. The number of rotatable bonds is 4. The number of ether oxygens (including phenoxy) is 1. The Bertz CT molecular complexity index is 658. The summed E-state index contributed by atoms with van der Waals surface area (Å²) in [5.41, 5.74) is 3.63. The second-order valence-corrected chi connectivity index (χ2v) is 6.40. The van der Waals surface area contributed by atoms with Crippen LogP contribution in [0.25, 0.3) is 0 Å². The van der Waals surface area contributed by atoms with Gasteiger partial charge in [-0.15, -0.1) is 0 Å². The monoisotopic (exact) mass is 338 g/mol. The van der Waals surface area contributed by atoms with Crippen molar-refractivity contribution in [2.24, 2.45) is 16.9 Å². The summed E-state index contributed by atoms with van der Waals surface area (Å²) in [5.74, 6) is 1.21. The zero-order valence-corrected chi connectivity index (χ0v) is 13.6. The van der Waals surface area contributed by atoms with Crippen LogP contribution in [0, 0.1) is 11.8 Å². The fraction of sp³-hybridized carbons (Fsp3) is 0.375. The summed E-state index contributed by atoms with van der Waals surface area (Å²) in [5, 5.41) is 5.11. The molecule has 1 fully saturated rings. The van der Waals surface area contributed by atoms with Crippen molar-refractivity contribution in [3.05, 3.63) is 40.4 Å². The van der Waals surface area contributed by atoms with E-state index in [4.69, 9.17) is 27.9 Å². The average Bonchev–Trinajstić information content (AvgIpc) is 2.83. The number of benzene rings is 1. The van der Waals surface area contributed by atoms with Gasteiger partial charge in [-0.05, 0) is 43.9 Å². The third-order valence-electron chi connectivity index (χ3n) is 4.04. The lowest BCUT2D eigenvalue weighted by atomic mass is 9.74. The zero-order valence-electron chi connectivity index (χ0n) is 12.1. The number of nitrogens with one attached hydrogen (secondary N) is 1. The fourth-order valence-electron chi connectivity index (χ4n) is 2.70. The molecular formula is C16H16Cl2N2O2. The summed E-state index contributed by atoms with van der Waals surface area (Å²) in [6, 6.07) is 4.88. The summed E-state index contributed by atoms with van der Waals surface area (Å²) in [4.78, 5) is 12.0. The maximum absolute atomic E-state index is 12.0. The van der Waals surface area contributed by atoms with Gasteiger partial charge in [0.1, 0.15) is 5.75 Å². The van der Waals surface area contributed by atoms with Gasteiger partial charge in [-0.3, -0.25) is 4.79 Å². The van der Waals surface area contributed by atoms with Crippen LogP contribution >= 0.6 is 23.2 Å². The van der Waals surface area contributed by atoms with Crippen LogP contribution in [0.5, 0.6) is 5.75 Å². The van der Waals surface area contributed by atoms with Gasteiger partial charge in [0.05, 0.1) is 5.02 Å².